The summed E-state index contributed by atoms with van der Waals surface area (Å²) >= 11 is 0. The predicted molar refractivity (Wildman–Crippen MR) is 104 cm³/mol. The standard InChI is InChI=1S/C21H23FN4O2/c22-18-8-2-1-6-16(18)20(27)25-12-14-26(15-13-25)21(28)17-7-5-9-23-19(17)24-10-3-4-11-24/h1-2,5-9H,3-4,10-15H2. The third-order valence-corrected chi connectivity index (χ3v) is 5.38. The van der Waals surface area contributed by atoms with Crippen molar-refractivity contribution >= 4 is 17.6 Å². The van der Waals surface area contributed by atoms with Crippen molar-refractivity contribution in [2.75, 3.05) is 44.2 Å². The fraction of sp³-hybridized carbons (Fsp3) is 0.381. The molecule has 2 aliphatic heterocycles. The van der Waals surface area contributed by atoms with E-state index in [1.54, 1.807) is 34.2 Å². The molecule has 0 atom stereocenters. The van der Waals surface area contributed by atoms with Gasteiger partial charge in [0.25, 0.3) is 11.8 Å². The van der Waals surface area contributed by atoms with Gasteiger partial charge in [0.1, 0.15) is 11.6 Å². The molecule has 0 aliphatic carbocycles. The van der Waals surface area contributed by atoms with Crippen LogP contribution in [-0.2, 0) is 0 Å². The lowest BCUT2D eigenvalue weighted by molar-refractivity contribution is 0.0533. The van der Waals surface area contributed by atoms with Crippen molar-refractivity contribution in [3.63, 3.8) is 0 Å². The van der Waals surface area contributed by atoms with Crippen LogP contribution < -0.4 is 4.90 Å². The van der Waals surface area contributed by atoms with Crippen LogP contribution in [0.1, 0.15) is 33.6 Å². The molecule has 4 rings (SSSR count). The maximum Gasteiger partial charge on any atom is 0.257 e. The Hall–Kier alpha value is -2.96. The molecule has 1 aromatic heterocycles. The van der Waals surface area contributed by atoms with Crippen LogP contribution >= 0.6 is 0 Å². The van der Waals surface area contributed by atoms with Gasteiger partial charge < -0.3 is 14.7 Å². The minimum absolute atomic E-state index is 0.0620. The summed E-state index contributed by atoms with van der Waals surface area (Å²) in [5.41, 5.74) is 0.684. The van der Waals surface area contributed by atoms with E-state index in [-0.39, 0.29) is 17.4 Å². The average molecular weight is 382 g/mol. The van der Waals surface area contributed by atoms with E-state index >= 15 is 0 Å². The van der Waals surface area contributed by atoms with Gasteiger partial charge in [-0.2, -0.15) is 0 Å². The number of nitrogens with zero attached hydrogens (tertiary/aromatic N) is 4. The zero-order chi connectivity index (χ0) is 19.5. The van der Waals surface area contributed by atoms with Gasteiger partial charge in [-0.1, -0.05) is 12.1 Å². The normalized spacial score (nSPS) is 17.1. The first-order valence-electron chi connectivity index (χ1n) is 9.68. The molecule has 1 aromatic carbocycles. The lowest BCUT2D eigenvalue weighted by atomic mass is 10.1. The van der Waals surface area contributed by atoms with E-state index in [1.165, 1.54) is 12.1 Å². The van der Waals surface area contributed by atoms with Gasteiger partial charge in [0, 0.05) is 45.5 Å². The Morgan fingerprint density at radius 1 is 0.786 bits per heavy atom. The number of piperazine rings is 1. The minimum Gasteiger partial charge on any atom is -0.356 e. The highest BCUT2D eigenvalue weighted by molar-refractivity contribution is 5.99. The summed E-state index contributed by atoms with van der Waals surface area (Å²) in [5.74, 6) is -0.163. The fourth-order valence-electron chi connectivity index (χ4n) is 3.83. The van der Waals surface area contributed by atoms with Gasteiger partial charge in [0.2, 0.25) is 0 Å². The molecule has 0 N–H and O–H groups in total. The van der Waals surface area contributed by atoms with Crippen LogP contribution in [-0.4, -0.2) is 65.9 Å². The number of carbonyl (C=O) groups excluding carboxylic acids is 2. The molecule has 2 aromatic rings. The van der Waals surface area contributed by atoms with Gasteiger partial charge in [-0.15, -0.1) is 0 Å². The molecule has 0 radical (unpaired) electrons. The van der Waals surface area contributed by atoms with Crippen LogP contribution in [0, 0.1) is 5.82 Å². The minimum atomic E-state index is -0.517. The SMILES string of the molecule is O=C(c1ccccc1F)N1CCN(C(=O)c2cccnc2N2CCCC2)CC1. The van der Waals surface area contributed by atoms with E-state index in [4.69, 9.17) is 0 Å². The summed E-state index contributed by atoms with van der Waals surface area (Å²) in [6.07, 6.45) is 3.94. The van der Waals surface area contributed by atoms with E-state index in [1.807, 2.05) is 6.07 Å². The molecule has 146 valence electrons. The zero-order valence-electron chi connectivity index (χ0n) is 15.7. The molecule has 3 heterocycles. The molecule has 7 heteroatoms. The Labute approximate surface area is 163 Å². The van der Waals surface area contributed by atoms with Crippen LogP contribution in [0.2, 0.25) is 0 Å². The molecule has 2 fully saturated rings. The van der Waals surface area contributed by atoms with Crippen molar-refractivity contribution in [3.8, 4) is 0 Å². The molecule has 2 saturated heterocycles. The van der Waals surface area contributed by atoms with Crippen molar-refractivity contribution in [3.05, 3.63) is 59.5 Å². The summed E-state index contributed by atoms with van der Waals surface area (Å²) in [7, 11) is 0. The van der Waals surface area contributed by atoms with Gasteiger partial charge in [-0.05, 0) is 37.1 Å². The topological polar surface area (TPSA) is 56.8 Å². The first-order chi connectivity index (χ1) is 13.6. The van der Waals surface area contributed by atoms with Gasteiger partial charge in [-0.3, -0.25) is 9.59 Å². The molecule has 0 spiro atoms. The number of aromatic nitrogens is 1. The third-order valence-electron chi connectivity index (χ3n) is 5.38. The largest absolute Gasteiger partial charge is 0.356 e. The average Bonchev–Trinajstić information content (AvgIpc) is 3.28. The fourth-order valence-corrected chi connectivity index (χ4v) is 3.83. The number of hydrogen-bond donors (Lipinski definition) is 0. The van der Waals surface area contributed by atoms with E-state index in [0.717, 1.165) is 31.7 Å². The summed E-state index contributed by atoms with van der Waals surface area (Å²) in [4.78, 5) is 35.6. The molecule has 2 amide bonds. The van der Waals surface area contributed by atoms with Crippen molar-refractivity contribution in [2.24, 2.45) is 0 Å². The maximum absolute atomic E-state index is 13.9. The highest BCUT2D eigenvalue weighted by atomic mass is 19.1. The Morgan fingerprint density at radius 2 is 1.36 bits per heavy atom. The lowest BCUT2D eigenvalue weighted by Gasteiger charge is -2.35. The summed E-state index contributed by atoms with van der Waals surface area (Å²) < 4.78 is 13.9. The van der Waals surface area contributed by atoms with E-state index < -0.39 is 5.82 Å². The number of rotatable bonds is 3. The van der Waals surface area contributed by atoms with Crippen LogP contribution in [0.5, 0.6) is 0 Å². The van der Waals surface area contributed by atoms with Crippen LogP contribution in [0.15, 0.2) is 42.6 Å². The summed E-state index contributed by atoms with van der Waals surface area (Å²) in [6, 6.07) is 9.60. The zero-order valence-corrected chi connectivity index (χ0v) is 15.7. The molecule has 28 heavy (non-hydrogen) atoms. The molecular formula is C21H23FN4O2. The smallest absolute Gasteiger partial charge is 0.257 e. The molecule has 2 aliphatic rings. The van der Waals surface area contributed by atoms with Crippen molar-refractivity contribution in [1.82, 2.24) is 14.8 Å². The van der Waals surface area contributed by atoms with Gasteiger partial charge in [-0.25, -0.2) is 9.37 Å². The van der Waals surface area contributed by atoms with Crippen molar-refractivity contribution < 1.29 is 14.0 Å². The monoisotopic (exact) mass is 382 g/mol. The Kier molecular flexibility index (Phi) is 5.23. The van der Waals surface area contributed by atoms with Crippen LogP contribution in [0.3, 0.4) is 0 Å². The van der Waals surface area contributed by atoms with E-state index in [2.05, 4.69) is 9.88 Å². The van der Waals surface area contributed by atoms with Gasteiger partial charge in [0.15, 0.2) is 0 Å². The number of hydrogen-bond acceptors (Lipinski definition) is 4. The lowest BCUT2D eigenvalue weighted by Crippen LogP contribution is -2.51. The first-order valence-corrected chi connectivity index (χ1v) is 9.68. The first kappa shape index (κ1) is 18.4. The number of halogens is 1. The molecule has 0 bridgehead atoms. The van der Waals surface area contributed by atoms with Crippen molar-refractivity contribution in [1.29, 1.82) is 0 Å². The van der Waals surface area contributed by atoms with Crippen molar-refractivity contribution in [2.45, 2.75) is 12.8 Å². The highest BCUT2D eigenvalue weighted by Gasteiger charge is 2.29. The summed E-state index contributed by atoms with van der Waals surface area (Å²) in [5, 5.41) is 0. The Balaban J connectivity index is 1.44. The Morgan fingerprint density at radius 3 is 2.00 bits per heavy atom. The van der Waals surface area contributed by atoms with Crippen LogP contribution in [0.25, 0.3) is 0 Å². The molecule has 6 nitrogen and oxygen atoms in total. The second-order valence-corrected chi connectivity index (χ2v) is 7.13. The molecule has 0 unspecified atom stereocenters. The number of amides is 2. The number of pyridine rings is 1. The van der Waals surface area contributed by atoms with Crippen LogP contribution in [0.4, 0.5) is 10.2 Å². The van der Waals surface area contributed by atoms with E-state index in [9.17, 15) is 14.0 Å². The number of anilines is 1. The second kappa shape index (κ2) is 7.96. The molecular weight excluding hydrogens is 359 g/mol. The number of benzene rings is 1. The predicted octanol–water partition coefficient (Wildman–Crippen LogP) is 2.42. The summed E-state index contributed by atoms with van der Waals surface area (Å²) in [6.45, 7) is 3.46. The Bertz CT molecular complexity index is 874. The highest BCUT2D eigenvalue weighted by Crippen LogP contribution is 2.24. The maximum atomic E-state index is 13.9. The second-order valence-electron chi connectivity index (χ2n) is 7.13. The quantitative estimate of drug-likeness (QED) is 0.818. The van der Waals surface area contributed by atoms with E-state index in [0.29, 0.717) is 31.7 Å². The van der Waals surface area contributed by atoms with Gasteiger partial charge in [0.05, 0.1) is 11.1 Å². The number of carbonyl (C=O) groups is 2. The van der Waals surface area contributed by atoms with Gasteiger partial charge >= 0.3 is 0 Å². The molecule has 0 saturated carbocycles. The third kappa shape index (κ3) is 3.56.